The molecule has 8 heteroatoms. The second-order valence-electron chi connectivity index (χ2n) is 3.73. The number of methoxy groups -OCH3 is 1. The molecule has 0 saturated carbocycles. The van der Waals surface area contributed by atoms with Crippen LogP contribution in [0.4, 0.5) is 14.9 Å². The van der Waals surface area contributed by atoms with Gasteiger partial charge in [0.15, 0.2) is 0 Å². The van der Waals surface area contributed by atoms with Crippen LogP contribution in [0.5, 0.6) is 0 Å². The number of hydrogen-bond donors (Lipinski definition) is 1. The van der Waals surface area contributed by atoms with Crippen LogP contribution in [-0.4, -0.2) is 41.0 Å². The topological polar surface area (TPSA) is 75.7 Å². The van der Waals surface area contributed by atoms with Crippen LogP contribution in [0, 0.1) is 5.82 Å². The lowest BCUT2D eigenvalue weighted by atomic mass is 10.3. The molecule has 0 fully saturated rings. The molecule has 0 radical (unpaired) electrons. The SMILES string of the molecule is COC(=O)NCCN(c1ccc(F)cc1)S(C)(=O)=O. The summed E-state index contributed by atoms with van der Waals surface area (Å²) >= 11 is 0. The zero-order chi connectivity index (χ0) is 14.5. The van der Waals surface area contributed by atoms with E-state index in [2.05, 4.69) is 10.1 Å². The quantitative estimate of drug-likeness (QED) is 0.876. The van der Waals surface area contributed by atoms with Crippen molar-refractivity contribution in [3.63, 3.8) is 0 Å². The third-order valence-electron chi connectivity index (χ3n) is 2.28. The lowest BCUT2D eigenvalue weighted by Crippen LogP contribution is -2.38. The smallest absolute Gasteiger partial charge is 0.406 e. The van der Waals surface area contributed by atoms with Gasteiger partial charge in [0, 0.05) is 6.54 Å². The van der Waals surface area contributed by atoms with E-state index < -0.39 is 21.9 Å². The fraction of sp³-hybridized carbons (Fsp3) is 0.364. The van der Waals surface area contributed by atoms with Crippen LogP contribution >= 0.6 is 0 Å². The van der Waals surface area contributed by atoms with Crippen LogP contribution in [0.15, 0.2) is 24.3 Å². The summed E-state index contributed by atoms with van der Waals surface area (Å²) in [5.41, 5.74) is 0.329. The molecule has 106 valence electrons. The van der Waals surface area contributed by atoms with Crippen molar-refractivity contribution < 1.29 is 22.3 Å². The average molecular weight is 290 g/mol. The molecule has 0 atom stereocenters. The molecule has 1 aromatic carbocycles. The highest BCUT2D eigenvalue weighted by molar-refractivity contribution is 7.92. The molecule has 0 aliphatic carbocycles. The number of rotatable bonds is 5. The Morgan fingerprint density at radius 1 is 1.37 bits per heavy atom. The Bertz CT molecular complexity index is 530. The van der Waals surface area contributed by atoms with Gasteiger partial charge in [0.1, 0.15) is 5.82 Å². The maximum absolute atomic E-state index is 12.8. The number of carbonyl (C=O) groups excluding carboxylic acids is 1. The molecule has 0 aliphatic heterocycles. The summed E-state index contributed by atoms with van der Waals surface area (Å²) in [5, 5.41) is 2.37. The molecule has 6 nitrogen and oxygen atoms in total. The van der Waals surface area contributed by atoms with Crippen molar-refractivity contribution in [3.05, 3.63) is 30.1 Å². The maximum Gasteiger partial charge on any atom is 0.406 e. The second-order valence-corrected chi connectivity index (χ2v) is 5.64. The van der Waals surface area contributed by atoms with Crippen molar-refractivity contribution >= 4 is 21.8 Å². The predicted molar refractivity (Wildman–Crippen MR) is 69.0 cm³/mol. The van der Waals surface area contributed by atoms with Gasteiger partial charge in [0.25, 0.3) is 0 Å². The minimum Gasteiger partial charge on any atom is -0.453 e. The highest BCUT2D eigenvalue weighted by Crippen LogP contribution is 2.17. The molecule has 0 aliphatic rings. The van der Waals surface area contributed by atoms with Crippen LogP contribution < -0.4 is 9.62 Å². The molecule has 0 spiro atoms. The van der Waals surface area contributed by atoms with E-state index in [0.29, 0.717) is 5.69 Å². The Hall–Kier alpha value is -1.83. The van der Waals surface area contributed by atoms with Gasteiger partial charge >= 0.3 is 6.09 Å². The predicted octanol–water partition coefficient (Wildman–Crippen LogP) is 0.948. The summed E-state index contributed by atoms with van der Waals surface area (Å²) in [5.74, 6) is -0.454. The third kappa shape index (κ3) is 4.74. The van der Waals surface area contributed by atoms with Gasteiger partial charge < -0.3 is 10.1 Å². The van der Waals surface area contributed by atoms with Crippen LogP contribution in [-0.2, 0) is 14.8 Å². The molecule has 1 rings (SSSR count). The number of halogens is 1. The number of hydrogen-bond acceptors (Lipinski definition) is 4. The standard InChI is InChI=1S/C11H15FN2O4S/c1-18-11(15)13-7-8-14(19(2,16)17)10-5-3-9(12)4-6-10/h3-6H,7-8H2,1-2H3,(H,13,15). The van der Waals surface area contributed by atoms with E-state index >= 15 is 0 Å². The highest BCUT2D eigenvalue weighted by atomic mass is 32.2. The van der Waals surface area contributed by atoms with Gasteiger partial charge in [-0.15, -0.1) is 0 Å². The van der Waals surface area contributed by atoms with Crippen molar-refractivity contribution in [2.45, 2.75) is 0 Å². The number of nitrogens with one attached hydrogen (secondary N) is 1. The lowest BCUT2D eigenvalue weighted by Gasteiger charge is -2.22. The van der Waals surface area contributed by atoms with E-state index in [1.54, 1.807) is 0 Å². The monoisotopic (exact) mass is 290 g/mol. The fourth-order valence-corrected chi connectivity index (χ4v) is 2.35. The number of sulfonamides is 1. The molecule has 0 saturated heterocycles. The molecule has 0 bridgehead atoms. The Morgan fingerprint density at radius 2 is 1.95 bits per heavy atom. The van der Waals surface area contributed by atoms with Gasteiger partial charge in [-0.05, 0) is 24.3 Å². The molecule has 19 heavy (non-hydrogen) atoms. The minimum atomic E-state index is -3.52. The number of nitrogens with zero attached hydrogens (tertiary/aromatic N) is 1. The first kappa shape index (κ1) is 15.2. The summed E-state index contributed by atoms with van der Waals surface area (Å²) in [6.45, 7) is 0.108. The zero-order valence-electron chi connectivity index (χ0n) is 10.6. The van der Waals surface area contributed by atoms with Crippen molar-refractivity contribution in [3.8, 4) is 0 Å². The van der Waals surface area contributed by atoms with Crippen molar-refractivity contribution in [1.29, 1.82) is 0 Å². The summed E-state index contributed by atoms with van der Waals surface area (Å²) in [6.07, 6.45) is 0.390. The summed E-state index contributed by atoms with van der Waals surface area (Å²) in [6, 6.07) is 5.05. The van der Waals surface area contributed by atoms with Crippen LogP contribution in [0.25, 0.3) is 0 Å². The molecule has 1 aromatic rings. The number of benzene rings is 1. The van der Waals surface area contributed by atoms with E-state index in [9.17, 15) is 17.6 Å². The van der Waals surface area contributed by atoms with Gasteiger partial charge in [-0.3, -0.25) is 4.31 Å². The Kier molecular flexibility index (Phi) is 5.11. The number of amides is 1. The number of ether oxygens (including phenoxy) is 1. The van der Waals surface area contributed by atoms with Crippen molar-refractivity contribution in [2.24, 2.45) is 0 Å². The summed E-state index contributed by atoms with van der Waals surface area (Å²) < 4.78 is 41.6. The number of carbonyl (C=O) groups is 1. The number of alkyl carbamates (subject to hydrolysis) is 1. The second kappa shape index (κ2) is 6.37. The Balaban J connectivity index is 2.79. The molecular formula is C11H15FN2O4S. The molecule has 1 amide bonds. The van der Waals surface area contributed by atoms with Crippen LogP contribution in [0.1, 0.15) is 0 Å². The van der Waals surface area contributed by atoms with E-state index in [4.69, 9.17) is 0 Å². The van der Waals surface area contributed by atoms with Gasteiger partial charge in [0.05, 0.1) is 25.6 Å². The highest BCUT2D eigenvalue weighted by Gasteiger charge is 2.17. The minimum absolute atomic E-state index is 0.0273. The summed E-state index contributed by atoms with van der Waals surface area (Å²) in [4.78, 5) is 10.9. The Morgan fingerprint density at radius 3 is 2.42 bits per heavy atom. The summed E-state index contributed by atoms with van der Waals surface area (Å²) in [7, 11) is -2.30. The van der Waals surface area contributed by atoms with E-state index in [-0.39, 0.29) is 13.1 Å². The normalized spacial score (nSPS) is 10.9. The molecule has 0 unspecified atom stereocenters. The van der Waals surface area contributed by atoms with E-state index in [1.165, 1.54) is 31.4 Å². The average Bonchev–Trinajstić information content (AvgIpc) is 2.34. The maximum atomic E-state index is 12.8. The molecule has 1 N–H and O–H groups in total. The van der Waals surface area contributed by atoms with Crippen molar-refractivity contribution in [1.82, 2.24) is 5.32 Å². The van der Waals surface area contributed by atoms with Gasteiger partial charge in [-0.2, -0.15) is 0 Å². The van der Waals surface area contributed by atoms with E-state index in [1.807, 2.05) is 0 Å². The molecule has 0 aromatic heterocycles. The Labute approximate surface area is 111 Å². The first-order chi connectivity index (χ1) is 8.84. The first-order valence-electron chi connectivity index (χ1n) is 5.39. The van der Waals surface area contributed by atoms with Crippen LogP contribution in [0.3, 0.4) is 0 Å². The molecular weight excluding hydrogens is 275 g/mol. The molecule has 0 heterocycles. The lowest BCUT2D eigenvalue weighted by molar-refractivity contribution is 0.171. The van der Waals surface area contributed by atoms with Crippen molar-refractivity contribution in [2.75, 3.05) is 30.8 Å². The largest absolute Gasteiger partial charge is 0.453 e. The zero-order valence-corrected chi connectivity index (χ0v) is 11.4. The third-order valence-corrected chi connectivity index (χ3v) is 3.48. The first-order valence-corrected chi connectivity index (χ1v) is 7.24. The van der Waals surface area contributed by atoms with Gasteiger partial charge in [0.2, 0.25) is 10.0 Å². The van der Waals surface area contributed by atoms with Gasteiger partial charge in [-0.1, -0.05) is 0 Å². The van der Waals surface area contributed by atoms with Gasteiger partial charge in [-0.25, -0.2) is 17.6 Å². The van der Waals surface area contributed by atoms with E-state index in [0.717, 1.165) is 10.6 Å². The van der Waals surface area contributed by atoms with Crippen LogP contribution in [0.2, 0.25) is 0 Å². The fourth-order valence-electron chi connectivity index (χ4n) is 1.43. The number of anilines is 1.